The van der Waals surface area contributed by atoms with Crippen LogP contribution in [0.1, 0.15) is 18.4 Å². The average molecular weight is 326 g/mol. The minimum atomic E-state index is 0.0323. The van der Waals surface area contributed by atoms with Gasteiger partial charge in [0.25, 0.3) is 0 Å². The zero-order valence-electron chi connectivity index (χ0n) is 13.9. The van der Waals surface area contributed by atoms with Gasteiger partial charge < -0.3 is 14.4 Å². The van der Waals surface area contributed by atoms with Crippen molar-refractivity contribution in [3.8, 4) is 11.6 Å². The van der Waals surface area contributed by atoms with Crippen molar-refractivity contribution >= 4 is 5.91 Å². The molecule has 2 heterocycles. The van der Waals surface area contributed by atoms with Gasteiger partial charge in [-0.2, -0.15) is 0 Å². The lowest BCUT2D eigenvalue weighted by molar-refractivity contribution is -0.130. The number of carbonyl (C=O) groups excluding carboxylic acids is 1. The molecule has 0 radical (unpaired) electrons. The maximum Gasteiger partial charge on any atom is 0.223 e. The quantitative estimate of drug-likeness (QED) is 0.819. The van der Waals surface area contributed by atoms with E-state index in [-0.39, 0.29) is 12.0 Å². The Bertz CT molecular complexity index is 658. The Morgan fingerprint density at radius 2 is 2.08 bits per heavy atom. The first kappa shape index (κ1) is 16.3. The predicted molar refractivity (Wildman–Crippen MR) is 91.2 cm³/mol. The van der Waals surface area contributed by atoms with Crippen molar-refractivity contribution in [3.63, 3.8) is 0 Å². The Hall–Kier alpha value is -2.56. The summed E-state index contributed by atoms with van der Waals surface area (Å²) in [6.45, 7) is 1.39. The molecule has 1 aromatic carbocycles. The molecule has 0 N–H and O–H groups in total. The van der Waals surface area contributed by atoms with Crippen LogP contribution in [-0.4, -0.2) is 42.1 Å². The molecule has 2 aromatic rings. The molecule has 3 rings (SSSR count). The summed E-state index contributed by atoms with van der Waals surface area (Å²) >= 11 is 0. The number of likely N-dealkylation sites (tertiary alicyclic amines) is 1. The SMILES string of the molecule is COc1ccc(CCC(=O)N2CCC(Oc3ccccn3)C2)cc1. The van der Waals surface area contributed by atoms with Crippen LogP contribution in [0.2, 0.25) is 0 Å². The number of amides is 1. The molecule has 5 heteroatoms. The van der Waals surface area contributed by atoms with E-state index >= 15 is 0 Å². The van der Waals surface area contributed by atoms with Crippen LogP contribution in [0.3, 0.4) is 0 Å². The van der Waals surface area contributed by atoms with Gasteiger partial charge in [-0.05, 0) is 30.2 Å². The third kappa shape index (κ3) is 4.25. The van der Waals surface area contributed by atoms with Gasteiger partial charge in [0.05, 0.1) is 13.7 Å². The molecule has 1 aromatic heterocycles. The number of pyridine rings is 1. The highest BCUT2D eigenvalue weighted by Crippen LogP contribution is 2.18. The summed E-state index contributed by atoms with van der Waals surface area (Å²) in [5.74, 6) is 1.63. The van der Waals surface area contributed by atoms with Crippen LogP contribution in [0.25, 0.3) is 0 Å². The molecule has 1 amide bonds. The van der Waals surface area contributed by atoms with Gasteiger partial charge in [0.15, 0.2) is 0 Å². The Balaban J connectivity index is 1.45. The molecule has 0 aliphatic carbocycles. The van der Waals surface area contributed by atoms with Gasteiger partial charge in [-0.15, -0.1) is 0 Å². The van der Waals surface area contributed by atoms with Crippen LogP contribution in [0.15, 0.2) is 48.7 Å². The molecule has 1 saturated heterocycles. The van der Waals surface area contributed by atoms with E-state index in [0.717, 1.165) is 30.7 Å². The second kappa shape index (κ2) is 7.81. The van der Waals surface area contributed by atoms with Crippen molar-refractivity contribution in [2.75, 3.05) is 20.2 Å². The molecule has 1 atom stereocenters. The molecule has 0 saturated carbocycles. The van der Waals surface area contributed by atoms with Crippen LogP contribution in [0.4, 0.5) is 0 Å². The molecule has 0 bridgehead atoms. The van der Waals surface area contributed by atoms with Crippen LogP contribution in [0, 0.1) is 0 Å². The van der Waals surface area contributed by atoms with Crippen LogP contribution >= 0.6 is 0 Å². The highest BCUT2D eigenvalue weighted by molar-refractivity contribution is 5.76. The van der Waals surface area contributed by atoms with Gasteiger partial charge in [0.2, 0.25) is 11.8 Å². The van der Waals surface area contributed by atoms with E-state index in [2.05, 4.69) is 4.98 Å². The van der Waals surface area contributed by atoms with Gasteiger partial charge in [0.1, 0.15) is 11.9 Å². The summed E-state index contributed by atoms with van der Waals surface area (Å²) in [7, 11) is 1.65. The Morgan fingerprint density at radius 3 is 2.79 bits per heavy atom. The van der Waals surface area contributed by atoms with E-state index in [0.29, 0.717) is 18.8 Å². The molecule has 0 spiro atoms. The maximum absolute atomic E-state index is 12.4. The molecule has 126 valence electrons. The van der Waals surface area contributed by atoms with Gasteiger partial charge >= 0.3 is 0 Å². The van der Waals surface area contributed by atoms with Crippen molar-refractivity contribution in [2.24, 2.45) is 0 Å². The monoisotopic (exact) mass is 326 g/mol. The van der Waals surface area contributed by atoms with Crippen molar-refractivity contribution < 1.29 is 14.3 Å². The number of nitrogens with zero attached hydrogens (tertiary/aromatic N) is 2. The highest BCUT2D eigenvalue weighted by atomic mass is 16.5. The lowest BCUT2D eigenvalue weighted by Gasteiger charge is -2.17. The topological polar surface area (TPSA) is 51.7 Å². The Labute approximate surface area is 142 Å². The van der Waals surface area contributed by atoms with E-state index in [1.54, 1.807) is 13.3 Å². The van der Waals surface area contributed by atoms with Gasteiger partial charge in [0, 0.05) is 31.6 Å². The number of methoxy groups -OCH3 is 1. The van der Waals surface area contributed by atoms with Gasteiger partial charge in [-0.1, -0.05) is 18.2 Å². The van der Waals surface area contributed by atoms with Crippen LogP contribution in [-0.2, 0) is 11.2 Å². The van der Waals surface area contributed by atoms with E-state index < -0.39 is 0 Å². The molecule has 1 aliphatic rings. The number of ether oxygens (including phenoxy) is 2. The second-order valence-electron chi connectivity index (χ2n) is 5.88. The molecule has 5 nitrogen and oxygen atoms in total. The number of aryl methyl sites for hydroxylation is 1. The normalized spacial score (nSPS) is 16.9. The van der Waals surface area contributed by atoms with Crippen LogP contribution in [0.5, 0.6) is 11.6 Å². The largest absolute Gasteiger partial charge is 0.497 e. The number of carbonyl (C=O) groups is 1. The van der Waals surface area contributed by atoms with Gasteiger partial charge in [-0.25, -0.2) is 4.98 Å². The minimum absolute atomic E-state index is 0.0323. The van der Waals surface area contributed by atoms with Crippen LogP contribution < -0.4 is 9.47 Å². The molecule has 24 heavy (non-hydrogen) atoms. The fourth-order valence-corrected chi connectivity index (χ4v) is 2.84. The Kier molecular flexibility index (Phi) is 5.31. The summed E-state index contributed by atoms with van der Waals surface area (Å²) in [5, 5.41) is 0. The van der Waals surface area contributed by atoms with Crippen molar-refractivity contribution in [1.82, 2.24) is 9.88 Å². The molecule has 1 fully saturated rings. The number of hydrogen-bond acceptors (Lipinski definition) is 4. The third-order valence-electron chi connectivity index (χ3n) is 4.21. The van der Waals surface area contributed by atoms with Crippen molar-refractivity contribution in [2.45, 2.75) is 25.4 Å². The van der Waals surface area contributed by atoms with E-state index in [1.165, 1.54) is 0 Å². The second-order valence-corrected chi connectivity index (χ2v) is 5.88. The first-order valence-electron chi connectivity index (χ1n) is 8.23. The smallest absolute Gasteiger partial charge is 0.223 e. The molecule has 1 unspecified atom stereocenters. The van der Waals surface area contributed by atoms with Crippen molar-refractivity contribution in [1.29, 1.82) is 0 Å². The average Bonchev–Trinajstić information content (AvgIpc) is 3.09. The summed E-state index contributed by atoms with van der Waals surface area (Å²) in [5.41, 5.74) is 1.14. The number of benzene rings is 1. The standard InChI is InChI=1S/C19H22N2O3/c1-23-16-8-5-15(6-9-16)7-10-19(22)21-13-11-17(14-21)24-18-4-2-3-12-20-18/h2-6,8-9,12,17H,7,10-11,13-14H2,1H3. The highest BCUT2D eigenvalue weighted by Gasteiger charge is 2.27. The Morgan fingerprint density at radius 1 is 1.25 bits per heavy atom. The first-order chi connectivity index (χ1) is 11.7. The fraction of sp³-hybridized carbons (Fsp3) is 0.368. The summed E-state index contributed by atoms with van der Waals surface area (Å²) in [6, 6.07) is 13.4. The van der Waals surface area contributed by atoms with Gasteiger partial charge in [-0.3, -0.25) is 4.79 Å². The zero-order chi connectivity index (χ0) is 16.8. The number of rotatable bonds is 6. The number of hydrogen-bond donors (Lipinski definition) is 0. The van der Waals surface area contributed by atoms with E-state index in [9.17, 15) is 4.79 Å². The van der Waals surface area contributed by atoms with Crippen molar-refractivity contribution in [3.05, 3.63) is 54.2 Å². The fourth-order valence-electron chi connectivity index (χ4n) is 2.84. The molecular formula is C19H22N2O3. The van der Waals surface area contributed by atoms with E-state index in [1.807, 2.05) is 47.4 Å². The summed E-state index contributed by atoms with van der Waals surface area (Å²) in [6.07, 6.45) is 3.85. The zero-order valence-corrected chi connectivity index (χ0v) is 13.9. The molecular weight excluding hydrogens is 304 g/mol. The summed E-state index contributed by atoms with van der Waals surface area (Å²) in [4.78, 5) is 18.4. The van der Waals surface area contributed by atoms with E-state index in [4.69, 9.17) is 9.47 Å². The lowest BCUT2D eigenvalue weighted by atomic mass is 10.1. The predicted octanol–water partition coefficient (Wildman–Crippen LogP) is 2.70. The summed E-state index contributed by atoms with van der Waals surface area (Å²) < 4.78 is 11.0. The number of aromatic nitrogens is 1. The maximum atomic E-state index is 12.4. The molecule has 1 aliphatic heterocycles. The third-order valence-corrected chi connectivity index (χ3v) is 4.21. The lowest BCUT2D eigenvalue weighted by Crippen LogP contribution is -2.31. The minimum Gasteiger partial charge on any atom is -0.497 e. The first-order valence-corrected chi connectivity index (χ1v) is 8.23.